The molecule has 0 fully saturated rings. The van der Waals surface area contributed by atoms with E-state index in [1.165, 1.54) is 16.8 Å². The quantitative estimate of drug-likeness (QED) is 0.894. The molecule has 1 aromatic carbocycles. The van der Waals surface area contributed by atoms with Gasteiger partial charge in [-0.15, -0.1) is 0 Å². The molecule has 1 unspecified atom stereocenters. The Labute approximate surface area is 109 Å². The maximum atomic E-state index is 4.42. The predicted octanol–water partition coefficient (Wildman–Crippen LogP) is 2.60. The normalized spacial score (nSPS) is 12.7. The maximum Gasteiger partial charge on any atom is 0.0745 e. The monoisotopic (exact) mass is 243 g/mol. The van der Waals surface area contributed by atoms with Crippen molar-refractivity contribution in [1.82, 2.24) is 15.1 Å². The van der Waals surface area contributed by atoms with E-state index in [0.29, 0.717) is 0 Å². The minimum absolute atomic E-state index is 0.196. The zero-order chi connectivity index (χ0) is 13.1. The summed E-state index contributed by atoms with van der Waals surface area (Å²) >= 11 is 0. The smallest absolute Gasteiger partial charge is 0.0745 e. The summed E-state index contributed by atoms with van der Waals surface area (Å²) in [4.78, 5) is 0. The first kappa shape index (κ1) is 12.8. The Morgan fingerprint density at radius 3 is 2.39 bits per heavy atom. The lowest BCUT2D eigenvalue weighted by atomic mass is 10.0. The van der Waals surface area contributed by atoms with Gasteiger partial charge in [0.2, 0.25) is 0 Å². The standard InChI is InChI=1S/C15H21N3/c1-5-12-6-8-13(9-7-12)15(16-3)14-10-11(2)17-18(14)4/h6-10,15-16H,5H2,1-4H3. The highest BCUT2D eigenvalue weighted by Gasteiger charge is 2.16. The van der Waals surface area contributed by atoms with E-state index >= 15 is 0 Å². The summed E-state index contributed by atoms with van der Waals surface area (Å²) in [5, 5.41) is 7.78. The van der Waals surface area contributed by atoms with Crippen LogP contribution in [-0.2, 0) is 13.5 Å². The molecular formula is C15H21N3. The Kier molecular flexibility index (Phi) is 3.82. The van der Waals surface area contributed by atoms with Crippen LogP contribution in [0.25, 0.3) is 0 Å². The number of nitrogens with one attached hydrogen (secondary N) is 1. The molecule has 2 aromatic rings. The molecule has 18 heavy (non-hydrogen) atoms. The molecule has 0 aliphatic heterocycles. The molecule has 3 nitrogen and oxygen atoms in total. The van der Waals surface area contributed by atoms with Crippen LogP contribution in [0.2, 0.25) is 0 Å². The van der Waals surface area contributed by atoms with Crippen LogP contribution in [0.1, 0.15) is 35.5 Å². The lowest BCUT2D eigenvalue weighted by Gasteiger charge is -2.17. The van der Waals surface area contributed by atoms with E-state index in [2.05, 4.69) is 47.7 Å². The number of aromatic nitrogens is 2. The van der Waals surface area contributed by atoms with Crippen molar-refractivity contribution in [3.63, 3.8) is 0 Å². The van der Waals surface area contributed by atoms with Crippen molar-refractivity contribution >= 4 is 0 Å². The van der Waals surface area contributed by atoms with E-state index in [4.69, 9.17) is 0 Å². The van der Waals surface area contributed by atoms with E-state index in [1.54, 1.807) is 0 Å². The van der Waals surface area contributed by atoms with Gasteiger partial charge in [0.05, 0.1) is 17.4 Å². The summed E-state index contributed by atoms with van der Waals surface area (Å²) in [6, 6.07) is 11.1. The van der Waals surface area contributed by atoms with E-state index in [9.17, 15) is 0 Å². The van der Waals surface area contributed by atoms with Gasteiger partial charge in [-0.2, -0.15) is 5.10 Å². The maximum absolute atomic E-state index is 4.42. The molecule has 96 valence electrons. The third-order valence-electron chi connectivity index (χ3n) is 3.34. The van der Waals surface area contributed by atoms with Gasteiger partial charge in [0.15, 0.2) is 0 Å². The Morgan fingerprint density at radius 2 is 1.94 bits per heavy atom. The topological polar surface area (TPSA) is 29.9 Å². The minimum Gasteiger partial charge on any atom is -0.308 e. The van der Waals surface area contributed by atoms with Crippen molar-refractivity contribution in [2.24, 2.45) is 7.05 Å². The second-order valence-corrected chi connectivity index (χ2v) is 4.65. The largest absolute Gasteiger partial charge is 0.308 e. The molecule has 0 amide bonds. The lowest BCUT2D eigenvalue weighted by Crippen LogP contribution is -2.20. The summed E-state index contributed by atoms with van der Waals surface area (Å²) in [7, 11) is 3.98. The Balaban J connectivity index is 2.35. The molecular weight excluding hydrogens is 222 g/mol. The third kappa shape index (κ3) is 2.46. The van der Waals surface area contributed by atoms with E-state index in [1.807, 2.05) is 25.7 Å². The molecule has 0 aliphatic rings. The fourth-order valence-electron chi connectivity index (χ4n) is 2.33. The molecule has 1 heterocycles. The van der Waals surface area contributed by atoms with Gasteiger partial charge in [0.1, 0.15) is 0 Å². The van der Waals surface area contributed by atoms with Crippen molar-refractivity contribution in [1.29, 1.82) is 0 Å². The number of hydrogen-bond acceptors (Lipinski definition) is 2. The first-order chi connectivity index (χ1) is 8.65. The van der Waals surface area contributed by atoms with Crippen molar-refractivity contribution < 1.29 is 0 Å². The van der Waals surface area contributed by atoms with Gasteiger partial charge in [-0.25, -0.2) is 0 Å². The molecule has 0 saturated carbocycles. The van der Waals surface area contributed by atoms with Crippen LogP contribution in [0.4, 0.5) is 0 Å². The van der Waals surface area contributed by atoms with E-state index in [-0.39, 0.29) is 6.04 Å². The minimum atomic E-state index is 0.196. The van der Waals surface area contributed by atoms with Crippen molar-refractivity contribution in [3.05, 3.63) is 52.8 Å². The van der Waals surface area contributed by atoms with Gasteiger partial charge in [0, 0.05) is 7.05 Å². The molecule has 0 spiro atoms. The average molecular weight is 243 g/mol. The van der Waals surface area contributed by atoms with Crippen LogP contribution in [0.3, 0.4) is 0 Å². The van der Waals surface area contributed by atoms with Crippen LogP contribution in [0.5, 0.6) is 0 Å². The van der Waals surface area contributed by atoms with Crippen LogP contribution >= 0.6 is 0 Å². The van der Waals surface area contributed by atoms with Gasteiger partial charge >= 0.3 is 0 Å². The predicted molar refractivity (Wildman–Crippen MR) is 74.7 cm³/mol. The van der Waals surface area contributed by atoms with Crippen molar-refractivity contribution in [3.8, 4) is 0 Å². The Morgan fingerprint density at radius 1 is 1.28 bits per heavy atom. The summed E-state index contributed by atoms with van der Waals surface area (Å²) in [5.41, 5.74) is 4.89. The highest BCUT2D eigenvalue weighted by molar-refractivity contribution is 5.31. The van der Waals surface area contributed by atoms with Crippen LogP contribution in [0.15, 0.2) is 30.3 Å². The zero-order valence-electron chi connectivity index (χ0n) is 11.6. The second kappa shape index (κ2) is 5.36. The first-order valence-electron chi connectivity index (χ1n) is 6.42. The second-order valence-electron chi connectivity index (χ2n) is 4.65. The number of benzene rings is 1. The summed E-state index contributed by atoms with van der Waals surface area (Å²) in [6.45, 7) is 4.20. The molecule has 0 saturated heterocycles. The SMILES string of the molecule is CCc1ccc(C(NC)c2cc(C)nn2C)cc1. The molecule has 1 aromatic heterocycles. The van der Waals surface area contributed by atoms with Crippen LogP contribution in [0, 0.1) is 6.92 Å². The number of nitrogens with zero attached hydrogens (tertiary/aromatic N) is 2. The van der Waals surface area contributed by atoms with E-state index < -0.39 is 0 Å². The van der Waals surface area contributed by atoms with Gasteiger partial charge in [0.25, 0.3) is 0 Å². The van der Waals surface area contributed by atoms with Crippen molar-refractivity contribution in [2.75, 3.05) is 7.05 Å². The van der Waals surface area contributed by atoms with Crippen molar-refractivity contribution in [2.45, 2.75) is 26.3 Å². The van der Waals surface area contributed by atoms with Gasteiger partial charge in [-0.3, -0.25) is 4.68 Å². The van der Waals surface area contributed by atoms with Crippen LogP contribution in [-0.4, -0.2) is 16.8 Å². The number of rotatable bonds is 4. The third-order valence-corrected chi connectivity index (χ3v) is 3.34. The van der Waals surface area contributed by atoms with E-state index in [0.717, 1.165) is 12.1 Å². The summed E-state index contributed by atoms with van der Waals surface area (Å²) in [5.74, 6) is 0. The molecule has 3 heteroatoms. The first-order valence-corrected chi connectivity index (χ1v) is 6.42. The highest BCUT2D eigenvalue weighted by atomic mass is 15.3. The molecule has 2 rings (SSSR count). The summed E-state index contributed by atoms with van der Waals surface area (Å²) in [6.07, 6.45) is 1.08. The molecule has 0 radical (unpaired) electrons. The zero-order valence-corrected chi connectivity index (χ0v) is 11.6. The lowest BCUT2D eigenvalue weighted by molar-refractivity contribution is 0.604. The summed E-state index contributed by atoms with van der Waals surface area (Å²) < 4.78 is 1.95. The molecule has 1 atom stereocenters. The highest BCUT2D eigenvalue weighted by Crippen LogP contribution is 2.22. The molecule has 0 aliphatic carbocycles. The van der Waals surface area contributed by atoms with Crippen LogP contribution < -0.4 is 5.32 Å². The number of hydrogen-bond donors (Lipinski definition) is 1. The Bertz CT molecular complexity index is 511. The fourth-order valence-corrected chi connectivity index (χ4v) is 2.33. The van der Waals surface area contributed by atoms with Gasteiger partial charge < -0.3 is 5.32 Å². The molecule has 0 bridgehead atoms. The number of aryl methyl sites for hydroxylation is 3. The average Bonchev–Trinajstić information content (AvgIpc) is 2.70. The fraction of sp³-hybridized carbons (Fsp3) is 0.400. The molecule has 1 N–H and O–H groups in total. The Hall–Kier alpha value is -1.61. The van der Waals surface area contributed by atoms with Gasteiger partial charge in [-0.05, 0) is 37.6 Å². The van der Waals surface area contributed by atoms with Gasteiger partial charge in [-0.1, -0.05) is 31.2 Å².